The molecule has 1 N–H and O–H groups in total. The molecule has 0 aliphatic carbocycles. The smallest absolute Gasteiger partial charge is 0.244 e. The summed E-state index contributed by atoms with van der Waals surface area (Å²) in [6.45, 7) is 1.95. The van der Waals surface area contributed by atoms with E-state index in [2.05, 4.69) is 5.32 Å². The van der Waals surface area contributed by atoms with E-state index in [1.165, 1.54) is 6.08 Å². The molecule has 0 aliphatic rings. The molecule has 120 valence electrons. The van der Waals surface area contributed by atoms with E-state index in [0.717, 1.165) is 11.1 Å². The third-order valence-corrected chi connectivity index (χ3v) is 3.51. The number of amides is 1. The van der Waals surface area contributed by atoms with Gasteiger partial charge < -0.3 is 14.8 Å². The van der Waals surface area contributed by atoms with Crippen LogP contribution in [0.5, 0.6) is 11.5 Å². The van der Waals surface area contributed by atoms with Crippen LogP contribution in [-0.4, -0.2) is 20.1 Å². The maximum absolute atomic E-state index is 12.1. The quantitative estimate of drug-likeness (QED) is 0.829. The highest BCUT2D eigenvalue weighted by Gasteiger charge is 2.07. The number of hydrogen-bond acceptors (Lipinski definition) is 3. The van der Waals surface area contributed by atoms with E-state index in [-0.39, 0.29) is 11.9 Å². The highest BCUT2D eigenvalue weighted by molar-refractivity contribution is 5.92. The lowest BCUT2D eigenvalue weighted by molar-refractivity contribution is -0.117. The molecule has 4 nitrogen and oxygen atoms in total. The molecular formula is C19H21NO3. The van der Waals surface area contributed by atoms with Crippen molar-refractivity contribution in [3.8, 4) is 11.5 Å². The van der Waals surface area contributed by atoms with Crippen molar-refractivity contribution in [2.24, 2.45) is 0 Å². The van der Waals surface area contributed by atoms with Crippen LogP contribution < -0.4 is 14.8 Å². The summed E-state index contributed by atoms with van der Waals surface area (Å²) < 4.78 is 10.5. The Labute approximate surface area is 136 Å². The fourth-order valence-electron chi connectivity index (χ4n) is 2.21. The molecule has 0 bridgehead atoms. The van der Waals surface area contributed by atoms with Crippen molar-refractivity contribution in [1.82, 2.24) is 5.32 Å². The minimum absolute atomic E-state index is 0.0499. The van der Waals surface area contributed by atoms with E-state index in [1.54, 1.807) is 26.4 Å². The number of hydrogen-bond donors (Lipinski definition) is 1. The third kappa shape index (κ3) is 4.61. The molecule has 0 aromatic heterocycles. The SMILES string of the molecule is COc1ccc(/C=C/C(=O)NC(C)c2ccccc2)c(OC)c1. The fourth-order valence-corrected chi connectivity index (χ4v) is 2.21. The van der Waals surface area contributed by atoms with Gasteiger partial charge in [0.25, 0.3) is 0 Å². The summed E-state index contributed by atoms with van der Waals surface area (Å²) in [4.78, 5) is 12.1. The van der Waals surface area contributed by atoms with Crippen LogP contribution in [0.2, 0.25) is 0 Å². The fraction of sp³-hybridized carbons (Fsp3) is 0.211. The molecule has 0 fully saturated rings. The van der Waals surface area contributed by atoms with Gasteiger partial charge in [0.15, 0.2) is 0 Å². The van der Waals surface area contributed by atoms with Crippen molar-refractivity contribution in [2.45, 2.75) is 13.0 Å². The van der Waals surface area contributed by atoms with Gasteiger partial charge in [0, 0.05) is 17.7 Å². The Hall–Kier alpha value is -2.75. The summed E-state index contributed by atoms with van der Waals surface area (Å²) >= 11 is 0. The van der Waals surface area contributed by atoms with Crippen LogP contribution in [0.3, 0.4) is 0 Å². The first-order chi connectivity index (χ1) is 11.1. The lowest BCUT2D eigenvalue weighted by Gasteiger charge is -2.12. The second-order valence-electron chi connectivity index (χ2n) is 5.08. The monoisotopic (exact) mass is 311 g/mol. The Morgan fingerprint density at radius 2 is 1.83 bits per heavy atom. The zero-order valence-electron chi connectivity index (χ0n) is 13.6. The zero-order chi connectivity index (χ0) is 16.7. The lowest BCUT2D eigenvalue weighted by Crippen LogP contribution is -2.24. The molecule has 2 rings (SSSR count). The maximum atomic E-state index is 12.1. The lowest BCUT2D eigenvalue weighted by atomic mass is 10.1. The molecule has 1 unspecified atom stereocenters. The Kier molecular flexibility index (Phi) is 5.80. The number of carbonyl (C=O) groups is 1. The van der Waals surface area contributed by atoms with Crippen LogP contribution in [0.25, 0.3) is 6.08 Å². The van der Waals surface area contributed by atoms with Gasteiger partial charge in [-0.15, -0.1) is 0 Å². The van der Waals surface area contributed by atoms with Crippen LogP contribution >= 0.6 is 0 Å². The van der Waals surface area contributed by atoms with Crippen LogP contribution in [0.4, 0.5) is 0 Å². The molecule has 0 spiro atoms. The molecule has 0 saturated heterocycles. The van der Waals surface area contributed by atoms with Crippen LogP contribution in [0.1, 0.15) is 24.1 Å². The summed E-state index contributed by atoms with van der Waals surface area (Å²) in [5.74, 6) is 1.21. The normalized spacial score (nSPS) is 12.0. The number of carbonyl (C=O) groups excluding carboxylic acids is 1. The van der Waals surface area contributed by atoms with E-state index in [0.29, 0.717) is 11.5 Å². The largest absolute Gasteiger partial charge is 0.497 e. The van der Waals surface area contributed by atoms with Gasteiger partial charge in [-0.05, 0) is 30.7 Å². The van der Waals surface area contributed by atoms with Gasteiger partial charge in [-0.25, -0.2) is 0 Å². The molecule has 2 aromatic rings. The van der Waals surface area contributed by atoms with Gasteiger partial charge in [-0.2, -0.15) is 0 Å². The van der Waals surface area contributed by atoms with Gasteiger partial charge in [-0.3, -0.25) is 4.79 Å². The molecule has 2 aromatic carbocycles. The van der Waals surface area contributed by atoms with Gasteiger partial charge in [-0.1, -0.05) is 30.3 Å². The molecule has 1 atom stereocenters. The van der Waals surface area contributed by atoms with E-state index in [4.69, 9.17) is 9.47 Å². The first kappa shape index (κ1) is 16.6. The van der Waals surface area contributed by atoms with Crippen LogP contribution in [-0.2, 0) is 4.79 Å². The van der Waals surface area contributed by atoms with Crippen LogP contribution in [0, 0.1) is 0 Å². The Balaban J connectivity index is 2.04. The highest BCUT2D eigenvalue weighted by atomic mass is 16.5. The Morgan fingerprint density at radius 1 is 1.09 bits per heavy atom. The minimum atomic E-state index is -0.153. The van der Waals surface area contributed by atoms with E-state index in [9.17, 15) is 4.79 Å². The topological polar surface area (TPSA) is 47.6 Å². The predicted molar refractivity (Wildman–Crippen MR) is 91.6 cm³/mol. The first-order valence-electron chi connectivity index (χ1n) is 7.39. The van der Waals surface area contributed by atoms with Crippen molar-refractivity contribution >= 4 is 12.0 Å². The molecular weight excluding hydrogens is 290 g/mol. The predicted octanol–water partition coefficient (Wildman–Crippen LogP) is 3.59. The number of ether oxygens (including phenoxy) is 2. The summed E-state index contributed by atoms with van der Waals surface area (Å²) in [7, 11) is 3.19. The Morgan fingerprint density at radius 3 is 2.48 bits per heavy atom. The van der Waals surface area contributed by atoms with E-state index >= 15 is 0 Å². The minimum Gasteiger partial charge on any atom is -0.497 e. The standard InChI is InChI=1S/C19H21NO3/c1-14(15-7-5-4-6-8-15)20-19(21)12-10-16-9-11-17(22-2)13-18(16)23-3/h4-14H,1-3H3,(H,20,21)/b12-10+. The van der Waals surface area contributed by atoms with Crippen molar-refractivity contribution in [2.75, 3.05) is 14.2 Å². The van der Waals surface area contributed by atoms with Crippen molar-refractivity contribution < 1.29 is 14.3 Å². The molecule has 0 aliphatic heterocycles. The van der Waals surface area contributed by atoms with Crippen molar-refractivity contribution in [1.29, 1.82) is 0 Å². The van der Waals surface area contributed by atoms with Gasteiger partial charge in [0.1, 0.15) is 11.5 Å². The molecule has 0 heterocycles. The van der Waals surface area contributed by atoms with Gasteiger partial charge >= 0.3 is 0 Å². The van der Waals surface area contributed by atoms with Gasteiger partial charge in [0.2, 0.25) is 5.91 Å². The maximum Gasteiger partial charge on any atom is 0.244 e. The molecule has 23 heavy (non-hydrogen) atoms. The third-order valence-electron chi connectivity index (χ3n) is 3.51. The average Bonchev–Trinajstić information content (AvgIpc) is 2.60. The summed E-state index contributed by atoms with van der Waals surface area (Å²) in [6, 6.07) is 15.2. The first-order valence-corrected chi connectivity index (χ1v) is 7.39. The summed E-state index contributed by atoms with van der Waals surface area (Å²) in [5, 5.41) is 2.94. The van der Waals surface area contributed by atoms with Crippen molar-refractivity contribution in [3.05, 3.63) is 65.7 Å². The zero-order valence-corrected chi connectivity index (χ0v) is 13.6. The molecule has 0 radical (unpaired) electrons. The molecule has 4 heteroatoms. The van der Waals surface area contributed by atoms with Crippen molar-refractivity contribution in [3.63, 3.8) is 0 Å². The summed E-state index contributed by atoms with van der Waals surface area (Å²) in [5.41, 5.74) is 1.88. The second-order valence-corrected chi connectivity index (χ2v) is 5.08. The number of rotatable bonds is 6. The number of methoxy groups -OCH3 is 2. The number of benzene rings is 2. The Bertz CT molecular complexity index is 680. The summed E-state index contributed by atoms with van der Waals surface area (Å²) in [6.07, 6.45) is 3.23. The average molecular weight is 311 g/mol. The van der Waals surface area contributed by atoms with E-state index < -0.39 is 0 Å². The van der Waals surface area contributed by atoms with E-state index in [1.807, 2.05) is 49.4 Å². The highest BCUT2D eigenvalue weighted by Crippen LogP contribution is 2.25. The van der Waals surface area contributed by atoms with Gasteiger partial charge in [0.05, 0.1) is 20.3 Å². The second kappa shape index (κ2) is 8.03. The molecule has 0 saturated carbocycles. The van der Waals surface area contributed by atoms with Crippen LogP contribution in [0.15, 0.2) is 54.6 Å². The molecule has 1 amide bonds. The number of nitrogens with one attached hydrogen (secondary N) is 1.